The molecule has 2 heterocycles. The van der Waals surface area contributed by atoms with Crippen molar-refractivity contribution in [3.05, 3.63) is 40.6 Å². The Hall–Kier alpha value is -2.28. The quantitative estimate of drug-likeness (QED) is 0.720. The summed E-state index contributed by atoms with van der Waals surface area (Å²) in [5, 5.41) is 11.2. The first-order valence-electron chi connectivity index (χ1n) is 8.46. The van der Waals surface area contributed by atoms with E-state index in [1.54, 1.807) is 6.20 Å². The second-order valence-electron chi connectivity index (χ2n) is 6.60. The summed E-state index contributed by atoms with van der Waals surface area (Å²) in [6, 6.07) is 5.77. The van der Waals surface area contributed by atoms with Crippen molar-refractivity contribution in [1.82, 2.24) is 10.3 Å². The van der Waals surface area contributed by atoms with Gasteiger partial charge in [0.15, 0.2) is 0 Å². The zero-order valence-electron chi connectivity index (χ0n) is 14.7. The van der Waals surface area contributed by atoms with Crippen molar-refractivity contribution in [2.24, 2.45) is 5.92 Å². The van der Waals surface area contributed by atoms with E-state index in [2.05, 4.69) is 26.2 Å². The number of ether oxygens (including phenoxy) is 2. The third kappa shape index (κ3) is 4.27. The van der Waals surface area contributed by atoms with Crippen LogP contribution in [0.1, 0.15) is 25.8 Å². The second kappa shape index (κ2) is 7.95. The first kappa shape index (κ1) is 18.5. The van der Waals surface area contributed by atoms with Crippen LogP contribution in [-0.4, -0.2) is 28.8 Å². The molecule has 1 aliphatic heterocycles. The minimum absolute atomic E-state index is 0.119. The molecule has 26 heavy (non-hydrogen) atoms. The van der Waals surface area contributed by atoms with Gasteiger partial charge in [0.25, 0.3) is 0 Å². The summed E-state index contributed by atoms with van der Waals surface area (Å²) < 4.78 is 12.6. The molecule has 6 nitrogen and oxygen atoms in total. The molecule has 0 saturated heterocycles. The van der Waals surface area contributed by atoms with Crippen molar-refractivity contribution in [1.29, 1.82) is 0 Å². The highest BCUT2D eigenvalue weighted by Crippen LogP contribution is 2.42. The Morgan fingerprint density at radius 3 is 3.00 bits per heavy atom. The van der Waals surface area contributed by atoms with Gasteiger partial charge in [-0.3, -0.25) is 4.98 Å². The summed E-state index contributed by atoms with van der Waals surface area (Å²) in [5.74, 6) is 1.70. The molecule has 0 radical (unpaired) electrons. The van der Waals surface area contributed by atoms with Crippen LogP contribution in [0.3, 0.4) is 0 Å². The van der Waals surface area contributed by atoms with E-state index in [4.69, 9.17) is 14.6 Å². The first-order chi connectivity index (χ1) is 12.4. The van der Waals surface area contributed by atoms with Crippen molar-refractivity contribution in [3.63, 3.8) is 0 Å². The number of amides is 1. The number of carboxylic acid groups (broad SMARTS) is 1. The Morgan fingerprint density at radius 1 is 1.42 bits per heavy atom. The number of nitrogens with zero attached hydrogens (tertiary/aromatic N) is 1. The molecule has 0 bridgehead atoms. The molecule has 1 aromatic heterocycles. The summed E-state index contributed by atoms with van der Waals surface area (Å²) in [5.41, 5.74) is 3.20. The van der Waals surface area contributed by atoms with Gasteiger partial charge in [0.05, 0.1) is 11.1 Å². The number of fused-ring (bicyclic) bond motifs is 3. The largest absolute Gasteiger partial charge is 0.492 e. The average Bonchev–Trinajstić information content (AvgIpc) is 2.59. The van der Waals surface area contributed by atoms with Crippen LogP contribution in [0.2, 0.25) is 0 Å². The van der Waals surface area contributed by atoms with Gasteiger partial charge >= 0.3 is 6.09 Å². The van der Waals surface area contributed by atoms with Crippen LogP contribution >= 0.6 is 15.9 Å². The lowest BCUT2D eigenvalue weighted by Gasteiger charge is -2.23. The summed E-state index contributed by atoms with van der Waals surface area (Å²) in [7, 11) is 0. The van der Waals surface area contributed by atoms with Gasteiger partial charge in [0, 0.05) is 35.6 Å². The van der Waals surface area contributed by atoms with Gasteiger partial charge in [-0.1, -0.05) is 6.92 Å². The number of benzene rings is 1. The van der Waals surface area contributed by atoms with Gasteiger partial charge < -0.3 is 19.9 Å². The van der Waals surface area contributed by atoms with E-state index in [0.717, 1.165) is 26.9 Å². The fourth-order valence-electron chi connectivity index (χ4n) is 3.11. The number of pyridine rings is 1. The van der Waals surface area contributed by atoms with Gasteiger partial charge in [-0.2, -0.15) is 0 Å². The van der Waals surface area contributed by atoms with Crippen molar-refractivity contribution < 1.29 is 19.4 Å². The maximum atomic E-state index is 10.7. The lowest BCUT2D eigenvalue weighted by Crippen LogP contribution is -2.33. The monoisotopic (exact) mass is 420 g/mol. The number of rotatable bonds is 6. The molecule has 0 saturated carbocycles. The van der Waals surface area contributed by atoms with Crippen molar-refractivity contribution in [2.75, 3.05) is 6.61 Å². The lowest BCUT2D eigenvalue weighted by atomic mass is 9.99. The highest BCUT2D eigenvalue weighted by molar-refractivity contribution is 9.10. The van der Waals surface area contributed by atoms with Crippen LogP contribution in [0, 0.1) is 5.92 Å². The predicted octanol–water partition coefficient (Wildman–Crippen LogP) is 4.46. The molecular formula is C19H21BrN2O4. The van der Waals surface area contributed by atoms with Gasteiger partial charge in [0.1, 0.15) is 18.1 Å². The maximum Gasteiger partial charge on any atom is 0.404 e. The number of carbonyl (C=O) groups is 1. The van der Waals surface area contributed by atoms with E-state index in [9.17, 15) is 4.79 Å². The fraction of sp³-hybridized carbons (Fsp3) is 0.368. The van der Waals surface area contributed by atoms with Gasteiger partial charge in [0.2, 0.25) is 0 Å². The smallest absolute Gasteiger partial charge is 0.404 e. The molecule has 1 amide bonds. The normalized spacial score (nSPS) is 14.4. The van der Waals surface area contributed by atoms with Crippen molar-refractivity contribution in [2.45, 2.75) is 32.9 Å². The Labute approximate surface area is 160 Å². The molecule has 7 heteroatoms. The number of hydrogen-bond acceptors (Lipinski definition) is 4. The summed E-state index contributed by atoms with van der Waals surface area (Å²) >= 11 is 3.57. The molecule has 0 spiro atoms. The van der Waals surface area contributed by atoms with E-state index < -0.39 is 6.09 Å². The van der Waals surface area contributed by atoms with E-state index >= 15 is 0 Å². The maximum absolute atomic E-state index is 10.7. The highest BCUT2D eigenvalue weighted by Gasteiger charge is 2.20. The predicted molar refractivity (Wildman–Crippen MR) is 102 cm³/mol. The number of aromatic nitrogens is 1. The molecule has 2 aromatic rings. The summed E-state index contributed by atoms with van der Waals surface area (Å²) in [6.45, 7) is 4.86. The Morgan fingerprint density at radius 2 is 2.23 bits per heavy atom. The third-order valence-electron chi connectivity index (χ3n) is 4.26. The minimum Gasteiger partial charge on any atom is -0.492 e. The average molecular weight is 421 g/mol. The van der Waals surface area contributed by atoms with Crippen LogP contribution in [-0.2, 0) is 6.61 Å². The number of hydrogen-bond donors (Lipinski definition) is 2. The Bertz CT molecular complexity index is 812. The van der Waals surface area contributed by atoms with Crippen LogP contribution in [0.4, 0.5) is 4.79 Å². The van der Waals surface area contributed by atoms with Crippen molar-refractivity contribution in [3.8, 4) is 22.6 Å². The SMILES string of the molecule is CC(COc1cc2c(cc1Br)-c1ccncc1CO2)CC(C)NC(=O)O. The molecule has 3 rings (SSSR count). The van der Waals surface area contributed by atoms with Gasteiger partial charge in [-0.15, -0.1) is 0 Å². The third-order valence-corrected chi connectivity index (χ3v) is 4.88. The summed E-state index contributed by atoms with van der Waals surface area (Å²) in [4.78, 5) is 14.8. The van der Waals surface area contributed by atoms with Gasteiger partial charge in [-0.05, 0) is 52.9 Å². The van der Waals surface area contributed by atoms with E-state index in [1.807, 2.05) is 38.2 Å². The second-order valence-corrected chi connectivity index (χ2v) is 7.46. The highest BCUT2D eigenvalue weighted by atomic mass is 79.9. The topological polar surface area (TPSA) is 80.7 Å². The molecule has 0 aliphatic carbocycles. The molecule has 0 fully saturated rings. The fourth-order valence-corrected chi connectivity index (χ4v) is 3.57. The number of nitrogens with one attached hydrogen (secondary N) is 1. The Balaban J connectivity index is 1.68. The van der Waals surface area contributed by atoms with Crippen LogP contribution in [0.25, 0.3) is 11.1 Å². The lowest BCUT2D eigenvalue weighted by molar-refractivity contribution is 0.185. The summed E-state index contributed by atoms with van der Waals surface area (Å²) in [6.07, 6.45) is 3.30. The number of halogens is 1. The van der Waals surface area contributed by atoms with Crippen LogP contribution < -0.4 is 14.8 Å². The van der Waals surface area contributed by atoms with Crippen LogP contribution in [0.15, 0.2) is 35.1 Å². The first-order valence-corrected chi connectivity index (χ1v) is 9.25. The van der Waals surface area contributed by atoms with E-state index in [0.29, 0.717) is 25.4 Å². The van der Waals surface area contributed by atoms with E-state index in [-0.39, 0.29) is 12.0 Å². The molecule has 2 atom stereocenters. The molecule has 138 valence electrons. The minimum atomic E-state index is -1.00. The zero-order valence-corrected chi connectivity index (χ0v) is 16.2. The Kier molecular flexibility index (Phi) is 5.66. The molecule has 1 aromatic carbocycles. The molecule has 2 N–H and O–H groups in total. The zero-order chi connectivity index (χ0) is 18.7. The molecule has 1 aliphatic rings. The van der Waals surface area contributed by atoms with Crippen molar-refractivity contribution >= 4 is 22.0 Å². The van der Waals surface area contributed by atoms with E-state index in [1.165, 1.54) is 0 Å². The molecule has 2 unspecified atom stereocenters. The van der Waals surface area contributed by atoms with Crippen LogP contribution in [0.5, 0.6) is 11.5 Å². The standard InChI is InChI=1S/C19H21BrN2O4/c1-11(5-12(2)22-19(23)24)9-25-18-7-17-15(6-16(18)20)14-3-4-21-8-13(14)10-26-17/h3-4,6-8,11-12,22H,5,9-10H2,1-2H3,(H,23,24). The van der Waals surface area contributed by atoms with Gasteiger partial charge in [-0.25, -0.2) is 4.79 Å². The molecular weight excluding hydrogens is 400 g/mol.